The molecule has 3 N–H and O–H groups in total. The van der Waals surface area contributed by atoms with Gasteiger partial charge >= 0.3 is 5.97 Å². The van der Waals surface area contributed by atoms with Crippen molar-refractivity contribution in [3.8, 4) is 5.75 Å². The monoisotopic (exact) mass is 259 g/mol. The molecule has 0 amide bonds. The molecule has 100 valence electrons. The van der Waals surface area contributed by atoms with Gasteiger partial charge in [-0.05, 0) is 17.7 Å². The second-order valence-corrected chi connectivity index (χ2v) is 3.97. The number of hydrogen-bond acceptors (Lipinski definition) is 3. The zero-order valence-corrected chi connectivity index (χ0v) is 10.1. The smallest absolute Gasteiger partial charge is 0.312 e. The number of benzene rings is 1. The predicted molar refractivity (Wildman–Crippen MR) is 62.0 cm³/mol. The molecule has 1 atom stereocenters. The molecule has 0 aliphatic rings. The molecule has 0 saturated carbocycles. The van der Waals surface area contributed by atoms with Gasteiger partial charge in [-0.1, -0.05) is 6.07 Å². The normalized spacial score (nSPS) is 13.2. The maximum absolute atomic E-state index is 13.4. The molecule has 0 aromatic heterocycles. The van der Waals surface area contributed by atoms with Crippen molar-refractivity contribution in [2.75, 3.05) is 13.7 Å². The van der Waals surface area contributed by atoms with Crippen LogP contribution in [0.1, 0.15) is 24.0 Å². The van der Waals surface area contributed by atoms with Crippen molar-refractivity contribution in [1.29, 1.82) is 0 Å². The molecule has 1 unspecified atom stereocenters. The number of rotatable bonds is 5. The Morgan fingerprint density at radius 2 is 2.17 bits per heavy atom. The maximum Gasteiger partial charge on any atom is 0.312 e. The summed E-state index contributed by atoms with van der Waals surface area (Å²) in [4.78, 5) is 10.9. The van der Waals surface area contributed by atoms with E-state index in [1.807, 2.05) is 0 Å². The van der Waals surface area contributed by atoms with E-state index in [-0.39, 0.29) is 23.4 Å². The summed E-state index contributed by atoms with van der Waals surface area (Å²) in [5, 5.41) is 8.95. The van der Waals surface area contributed by atoms with Gasteiger partial charge in [0, 0.05) is 13.5 Å². The van der Waals surface area contributed by atoms with E-state index in [9.17, 15) is 13.6 Å². The van der Waals surface area contributed by atoms with Gasteiger partial charge < -0.3 is 15.6 Å². The van der Waals surface area contributed by atoms with E-state index in [0.717, 1.165) is 13.0 Å². The van der Waals surface area contributed by atoms with Gasteiger partial charge in [0.05, 0.1) is 18.6 Å². The Bertz CT molecular complexity index is 443. The molecule has 0 aliphatic heterocycles. The molecule has 0 radical (unpaired) electrons. The minimum absolute atomic E-state index is 0.0208. The van der Waals surface area contributed by atoms with Gasteiger partial charge in [0.25, 0.3) is 5.92 Å². The Balaban J connectivity index is 3.30. The van der Waals surface area contributed by atoms with Gasteiger partial charge in [-0.15, -0.1) is 0 Å². The molecule has 0 bridgehead atoms. The quantitative estimate of drug-likeness (QED) is 0.847. The minimum Gasteiger partial charge on any atom is -0.496 e. The first-order valence-corrected chi connectivity index (χ1v) is 5.30. The van der Waals surface area contributed by atoms with Crippen LogP contribution in [-0.4, -0.2) is 24.7 Å². The van der Waals surface area contributed by atoms with Gasteiger partial charge in [-0.3, -0.25) is 4.79 Å². The number of alkyl halides is 2. The zero-order valence-electron chi connectivity index (χ0n) is 10.1. The Morgan fingerprint density at radius 1 is 1.56 bits per heavy atom. The van der Waals surface area contributed by atoms with Crippen LogP contribution in [-0.2, 0) is 10.7 Å². The lowest BCUT2D eigenvalue weighted by molar-refractivity contribution is -0.138. The summed E-state index contributed by atoms with van der Waals surface area (Å²) in [7, 11) is 1.28. The minimum atomic E-state index is -3.11. The highest BCUT2D eigenvalue weighted by atomic mass is 19.3. The Kier molecular flexibility index (Phi) is 4.24. The summed E-state index contributed by atoms with van der Waals surface area (Å²) in [6.07, 6.45) is 0. The van der Waals surface area contributed by atoms with E-state index in [1.54, 1.807) is 0 Å². The van der Waals surface area contributed by atoms with Crippen LogP contribution in [0.5, 0.6) is 5.75 Å². The third-order valence-electron chi connectivity index (χ3n) is 2.63. The Hall–Kier alpha value is -1.69. The Morgan fingerprint density at radius 3 is 2.56 bits per heavy atom. The summed E-state index contributed by atoms with van der Waals surface area (Å²) in [5.41, 5.74) is 5.23. The third kappa shape index (κ3) is 2.95. The molecule has 4 nitrogen and oxygen atoms in total. The standard InChI is InChI=1S/C12H15F2NO3/c1-12(13,14)9-5-7(3-4-10(9)18-2)8(6-15)11(16)17/h3-5,8H,6,15H2,1-2H3,(H,16,17). The van der Waals surface area contributed by atoms with Crippen LogP contribution >= 0.6 is 0 Å². The van der Waals surface area contributed by atoms with Crippen LogP contribution in [0.2, 0.25) is 0 Å². The third-order valence-corrected chi connectivity index (χ3v) is 2.63. The average molecular weight is 259 g/mol. The zero-order chi connectivity index (χ0) is 13.9. The fraction of sp³-hybridized carbons (Fsp3) is 0.417. The van der Waals surface area contributed by atoms with Gasteiger partial charge in [-0.2, -0.15) is 0 Å². The average Bonchev–Trinajstić information content (AvgIpc) is 2.28. The highest BCUT2D eigenvalue weighted by Crippen LogP contribution is 2.36. The number of halogens is 2. The van der Waals surface area contributed by atoms with E-state index >= 15 is 0 Å². The Labute approximate surface area is 103 Å². The van der Waals surface area contributed by atoms with Gasteiger partial charge in [0.1, 0.15) is 5.75 Å². The van der Waals surface area contributed by atoms with E-state index < -0.39 is 17.8 Å². The summed E-state index contributed by atoms with van der Waals surface area (Å²) < 4.78 is 31.6. The molecule has 0 saturated heterocycles. The van der Waals surface area contributed by atoms with Crippen LogP contribution in [0.3, 0.4) is 0 Å². The van der Waals surface area contributed by atoms with Gasteiger partial charge in [0.15, 0.2) is 0 Å². The lowest BCUT2D eigenvalue weighted by Gasteiger charge is -2.18. The van der Waals surface area contributed by atoms with Crippen molar-refractivity contribution in [2.24, 2.45) is 5.73 Å². The van der Waals surface area contributed by atoms with E-state index in [2.05, 4.69) is 0 Å². The number of methoxy groups -OCH3 is 1. The van der Waals surface area contributed by atoms with Crippen LogP contribution in [0.25, 0.3) is 0 Å². The number of nitrogens with two attached hydrogens (primary N) is 1. The fourth-order valence-electron chi connectivity index (χ4n) is 1.66. The fourth-order valence-corrected chi connectivity index (χ4v) is 1.66. The first kappa shape index (κ1) is 14.4. The van der Waals surface area contributed by atoms with Gasteiger partial charge in [0.2, 0.25) is 0 Å². The number of carboxylic acid groups (broad SMARTS) is 1. The lowest BCUT2D eigenvalue weighted by atomic mass is 9.95. The van der Waals surface area contributed by atoms with Crippen molar-refractivity contribution in [3.63, 3.8) is 0 Å². The van der Waals surface area contributed by atoms with Crippen LogP contribution in [0, 0.1) is 0 Å². The molecule has 1 rings (SSSR count). The molecule has 0 heterocycles. The topological polar surface area (TPSA) is 72.5 Å². The second-order valence-electron chi connectivity index (χ2n) is 3.97. The van der Waals surface area contributed by atoms with Crippen LogP contribution in [0.15, 0.2) is 18.2 Å². The largest absolute Gasteiger partial charge is 0.496 e. The maximum atomic E-state index is 13.4. The van der Waals surface area contributed by atoms with Crippen LogP contribution in [0.4, 0.5) is 8.78 Å². The second kappa shape index (κ2) is 5.30. The van der Waals surface area contributed by atoms with Crippen molar-refractivity contribution in [2.45, 2.75) is 18.8 Å². The number of ether oxygens (including phenoxy) is 1. The van der Waals surface area contributed by atoms with Crippen molar-refractivity contribution in [3.05, 3.63) is 29.3 Å². The summed E-state index contributed by atoms with van der Waals surface area (Å²) in [6.45, 7) is 0.573. The van der Waals surface area contributed by atoms with Crippen LogP contribution < -0.4 is 10.5 Å². The molecule has 6 heteroatoms. The highest BCUT2D eigenvalue weighted by molar-refractivity contribution is 5.76. The molecule has 1 aromatic rings. The first-order chi connectivity index (χ1) is 8.31. The summed E-state index contributed by atoms with van der Waals surface area (Å²) in [6, 6.07) is 3.89. The van der Waals surface area contributed by atoms with Crippen molar-refractivity contribution in [1.82, 2.24) is 0 Å². The molecule has 1 aromatic carbocycles. The van der Waals surface area contributed by atoms with Gasteiger partial charge in [-0.25, -0.2) is 8.78 Å². The highest BCUT2D eigenvalue weighted by Gasteiger charge is 2.30. The molecule has 18 heavy (non-hydrogen) atoms. The van der Waals surface area contributed by atoms with E-state index in [0.29, 0.717) is 0 Å². The SMILES string of the molecule is COc1ccc(C(CN)C(=O)O)cc1C(C)(F)F. The number of hydrogen-bond donors (Lipinski definition) is 2. The number of carbonyl (C=O) groups is 1. The predicted octanol–water partition coefficient (Wildman–Crippen LogP) is 1.93. The van der Waals surface area contributed by atoms with Crippen molar-refractivity contribution < 1.29 is 23.4 Å². The molecular formula is C12H15F2NO3. The number of aliphatic carboxylic acids is 1. The summed E-state index contributed by atoms with van der Waals surface area (Å²) >= 11 is 0. The molecular weight excluding hydrogens is 244 g/mol. The number of carboxylic acids is 1. The molecule has 0 aliphatic carbocycles. The first-order valence-electron chi connectivity index (χ1n) is 5.30. The van der Waals surface area contributed by atoms with E-state index in [1.165, 1.54) is 19.2 Å². The lowest BCUT2D eigenvalue weighted by Crippen LogP contribution is -2.22. The van der Waals surface area contributed by atoms with Crippen molar-refractivity contribution >= 4 is 5.97 Å². The summed E-state index contributed by atoms with van der Waals surface area (Å²) in [5.74, 6) is -5.24. The molecule has 0 spiro atoms. The van der Waals surface area contributed by atoms with E-state index in [4.69, 9.17) is 15.6 Å². The molecule has 0 fully saturated rings.